The molecule has 3 aromatic carbocycles. The minimum Gasteiger partial charge on any atom is -0.497 e. The van der Waals surface area contributed by atoms with Crippen LogP contribution in [0.4, 0.5) is 13.2 Å². The number of alkyl halides is 3. The molecule has 0 bridgehead atoms. The molecule has 0 unspecified atom stereocenters. The molecule has 0 N–H and O–H groups in total. The van der Waals surface area contributed by atoms with Crippen molar-refractivity contribution >= 4 is 5.71 Å². The number of rotatable bonds is 8. The molecular formula is C29H27F3N2O3. The van der Waals surface area contributed by atoms with E-state index in [2.05, 4.69) is 9.72 Å². The Hall–Kier alpha value is -4.20. The molecule has 0 atom stereocenters. The Morgan fingerprint density at radius 2 is 1.57 bits per heavy atom. The van der Waals surface area contributed by atoms with Gasteiger partial charge in [0, 0.05) is 22.5 Å². The molecule has 0 saturated heterocycles. The molecule has 0 aliphatic heterocycles. The molecule has 0 aliphatic carbocycles. The normalized spacial score (nSPS) is 11.9. The van der Waals surface area contributed by atoms with Crippen LogP contribution < -0.4 is 9.47 Å². The number of aromatic nitrogens is 1. The van der Waals surface area contributed by atoms with E-state index >= 15 is 0 Å². The fourth-order valence-corrected chi connectivity index (χ4v) is 4.12. The average Bonchev–Trinajstić information content (AvgIpc) is 3.25. The van der Waals surface area contributed by atoms with Crippen LogP contribution in [-0.4, -0.2) is 24.5 Å². The van der Waals surface area contributed by atoms with Gasteiger partial charge in [0.1, 0.15) is 18.1 Å². The van der Waals surface area contributed by atoms with Gasteiger partial charge >= 0.3 is 6.18 Å². The first kappa shape index (κ1) is 25.9. The van der Waals surface area contributed by atoms with Gasteiger partial charge in [0.05, 0.1) is 31.2 Å². The number of benzene rings is 3. The summed E-state index contributed by atoms with van der Waals surface area (Å²) in [5.74, 6) is 1.48. The Balaban J connectivity index is 1.69. The van der Waals surface area contributed by atoms with Crippen LogP contribution in [0.5, 0.6) is 11.5 Å². The zero-order chi connectivity index (χ0) is 26.6. The lowest BCUT2D eigenvalue weighted by molar-refractivity contribution is -0.137. The van der Waals surface area contributed by atoms with Crippen molar-refractivity contribution < 1.29 is 27.5 Å². The van der Waals surface area contributed by atoms with Gasteiger partial charge < -0.3 is 18.9 Å². The summed E-state index contributed by atoms with van der Waals surface area (Å²) in [7, 11) is 3.24. The zero-order valence-electron chi connectivity index (χ0n) is 21.0. The lowest BCUT2D eigenvalue weighted by atomic mass is 10.1. The third kappa shape index (κ3) is 5.80. The average molecular weight is 509 g/mol. The van der Waals surface area contributed by atoms with E-state index in [9.17, 15) is 13.2 Å². The first-order chi connectivity index (χ1) is 17.7. The monoisotopic (exact) mass is 508 g/mol. The third-order valence-electron chi connectivity index (χ3n) is 6.02. The second kappa shape index (κ2) is 10.8. The number of oxime groups is 1. The van der Waals surface area contributed by atoms with Crippen molar-refractivity contribution in [1.82, 2.24) is 4.57 Å². The second-order valence-electron chi connectivity index (χ2n) is 8.44. The number of hydrogen-bond donors (Lipinski definition) is 0. The predicted octanol–water partition coefficient (Wildman–Crippen LogP) is 7.43. The van der Waals surface area contributed by atoms with E-state index in [1.807, 2.05) is 68.4 Å². The van der Waals surface area contributed by atoms with Crippen LogP contribution >= 0.6 is 0 Å². The molecule has 8 heteroatoms. The Labute approximate surface area is 213 Å². The minimum absolute atomic E-state index is 0.0811. The van der Waals surface area contributed by atoms with Crippen LogP contribution in [0.25, 0.3) is 16.9 Å². The summed E-state index contributed by atoms with van der Waals surface area (Å²) in [5, 5.41) is 4.22. The molecule has 0 spiro atoms. The van der Waals surface area contributed by atoms with Crippen LogP contribution in [0, 0.1) is 6.92 Å². The van der Waals surface area contributed by atoms with E-state index < -0.39 is 11.7 Å². The molecular weight excluding hydrogens is 481 g/mol. The van der Waals surface area contributed by atoms with E-state index in [-0.39, 0.29) is 6.61 Å². The number of ether oxygens (including phenoxy) is 2. The standard InChI is InChI=1S/C29H27F3N2O3/c1-19(33-37-18-21-7-5-9-23(15-21)29(30,31)32)27-17-28(22-8-6-10-26(16-22)36-4)34(20(27)2)24-11-13-25(35-3)14-12-24/h5-17H,18H2,1-4H3/b33-19-. The summed E-state index contributed by atoms with van der Waals surface area (Å²) < 4.78 is 51.9. The van der Waals surface area contributed by atoms with Crippen molar-refractivity contribution in [2.24, 2.45) is 5.16 Å². The van der Waals surface area contributed by atoms with E-state index in [4.69, 9.17) is 14.3 Å². The Kier molecular flexibility index (Phi) is 7.57. The molecule has 0 fully saturated rings. The SMILES string of the molecule is COc1ccc(-n2c(-c3cccc(OC)c3)cc(/C(C)=N\OCc3cccc(C(F)(F)F)c3)c2C)cc1. The van der Waals surface area contributed by atoms with Crippen molar-refractivity contribution in [2.45, 2.75) is 26.6 Å². The summed E-state index contributed by atoms with van der Waals surface area (Å²) in [6, 6.07) is 22.5. The molecule has 4 rings (SSSR count). The molecule has 5 nitrogen and oxygen atoms in total. The first-order valence-electron chi connectivity index (χ1n) is 11.6. The summed E-state index contributed by atoms with van der Waals surface area (Å²) in [4.78, 5) is 5.46. The van der Waals surface area contributed by atoms with Crippen LogP contribution in [0.3, 0.4) is 0 Å². The largest absolute Gasteiger partial charge is 0.497 e. The van der Waals surface area contributed by atoms with E-state index in [1.165, 1.54) is 6.07 Å². The number of nitrogens with zero attached hydrogens (tertiary/aromatic N) is 2. The zero-order valence-corrected chi connectivity index (χ0v) is 21.0. The van der Waals surface area contributed by atoms with E-state index in [0.717, 1.165) is 51.8 Å². The van der Waals surface area contributed by atoms with Crippen LogP contribution in [0.15, 0.2) is 84.0 Å². The van der Waals surface area contributed by atoms with Gasteiger partial charge in [0.2, 0.25) is 0 Å². The highest BCUT2D eigenvalue weighted by Gasteiger charge is 2.30. The second-order valence-corrected chi connectivity index (χ2v) is 8.44. The van der Waals surface area contributed by atoms with Gasteiger partial charge in [-0.2, -0.15) is 13.2 Å². The Bertz CT molecular complexity index is 1410. The fraction of sp³-hybridized carbons (Fsp3) is 0.207. The van der Waals surface area contributed by atoms with Crippen molar-refractivity contribution in [3.63, 3.8) is 0 Å². The third-order valence-corrected chi connectivity index (χ3v) is 6.02. The highest BCUT2D eigenvalue weighted by atomic mass is 19.4. The van der Waals surface area contributed by atoms with E-state index in [1.54, 1.807) is 20.3 Å². The molecule has 1 aromatic heterocycles. The Morgan fingerprint density at radius 3 is 2.24 bits per heavy atom. The smallest absolute Gasteiger partial charge is 0.416 e. The summed E-state index contributed by atoms with van der Waals surface area (Å²) in [6.07, 6.45) is -4.41. The lowest BCUT2D eigenvalue weighted by Gasteiger charge is -2.14. The highest BCUT2D eigenvalue weighted by molar-refractivity contribution is 6.01. The van der Waals surface area contributed by atoms with E-state index in [0.29, 0.717) is 11.3 Å². The van der Waals surface area contributed by atoms with Gasteiger partial charge in [-0.3, -0.25) is 0 Å². The van der Waals surface area contributed by atoms with Crippen molar-refractivity contribution in [3.05, 3.63) is 101 Å². The molecule has 0 radical (unpaired) electrons. The summed E-state index contributed by atoms with van der Waals surface area (Å²) >= 11 is 0. The maximum Gasteiger partial charge on any atom is 0.416 e. The first-order valence-corrected chi connectivity index (χ1v) is 11.6. The lowest BCUT2D eigenvalue weighted by Crippen LogP contribution is -2.05. The van der Waals surface area contributed by atoms with Crippen LogP contribution in [0.2, 0.25) is 0 Å². The number of hydrogen-bond acceptors (Lipinski definition) is 4. The molecule has 0 aliphatic rings. The molecule has 1 heterocycles. The van der Waals surface area contributed by atoms with Crippen molar-refractivity contribution in [2.75, 3.05) is 14.2 Å². The maximum atomic E-state index is 13.0. The van der Waals surface area contributed by atoms with Gasteiger partial charge in [-0.05, 0) is 74.0 Å². The minimum atomic E-state index is -4.41. The topological polar surface area (TPSA) is 45.0 Å². The summed E-state index contributed by atoms with van der Waals surface area (Å²) in [5.41, 5.74) is 4.83. The molecule has 0 saturated carbocycles. The molecule has 37 heavy (non-hydrogen) atoms. The predicted molar refractivity (Wildman–Crippen MR) is 137 cm³/mol. The molecule has 0 amide bonds. The number of halogens is 3. The highest BCUT2D eigenvalue weighted by Crippen LogP contribution is 2.33. The van der Waals surface area contributed by atoms with Gasteiger partial charge in [0.25, 0.3) is 0 Å². The summed E-state index contributed by atoms with van der Waals surface area (Å²) in [6.45, 7) is 3.71. The van der Waals surface area contributed by atoms with Crippen molar-refractivity contribution in [3.8, 4) is 28.4 Å². The molecule has 4 aromatic rings. The van der Waals surface area contributed by atoms with Gasteiger partial charge in [-0.15, -0.1) is 0 Å². The Morgan fingerprint density at radius 1 is 0.865 bits per heavy atom. The fourth-order valence-electron chi connectivity index (χ4n) is 4.12. The van der Waals surface area contributed by atoms with Gasteiger partial charge in [-0.25, -0.2) is 0 Å². The van der Waals surface area contributed by atoms with Gasteiger partial charge in [-0.1, -0.05) is 29.4 Å². The quantitative estimate of drug-likeness (QED) is 0.184. The number of methoxy groups -OCH3 is 2. The van der Waals surface area contributed by atoms with Crippen LogP contribution in [-0.2, 0) is 17.6 Å². The van der Waals surface area contributed by atoms with Crippen LogP contribution in [0.1, 0.15) is 29.3 Å². The van der Waals surface area contributed by atoms with Gasteiger partial charge in [0.15, 0.2) is 0 Å². The maximum absolute atomic E-state index is 13.0. The van der Waals surface area contributed by atoms with Crippen molar-refractivity contribution in [1.29, 1.82) is 0 Å². The molecule has 192 valence electrons.